The molecule has 114 valence electrons. The predicted octanol–water partition coefficient (Wildman–Crippen LogP) is 3.32. The molecule has 1 fully saturated rings. The first kappa shape index (κ1) is 16.4. The number of piperazine rings is 1. The smallest absolute Gasteiger partial charge is 0.0594 e. The zero-order chi connectivity index (χ0) is 14.7. The van der Waals surface area contributed by atoms with Crippen LogP contribution in [-0.4, -0.2) is 48.6 Å². The van der Waals surface area contributed by atoms with E-state index in [1.807, 2.05) is 11.3 Å². The van der Waals surface area contributed by atoms with E-state index in [4.69, 9.17) is 5.73 Å². The average Bonchev–Trinajstić information content (AvgIpc) is 2.86. The van der Waals surface area contributed by atoms with E-state index in [0.717, 1.165) is 26.1 Å². The van der Waals surface area contributed by atoms with Gasteiger partial charge >= 0.3 is 0 Å². The molecule has 1 aromatic rings. The van der Waals surface area contributed by atoms with Gasteiger partial charge in [-0.25, -0.2) is 0 Å². The molecule has 3 atom stereocenters. The lowest BCUT2D eigenvalue weighted by Gasteiger charge is -2.44. The van der Waals surface area contributed by atoms with Crippen LogP contribution in [0.2, 0.25) is 0 Å². The Balaban J connectivity index is 2.19. The summed E-state index contributed by atoms with van der Waals surface area (Å²) in [5, 5.41) is 2.16. The summed E-state index contributed by atoms with van der Waals surface area (Å²) >= 11 is 5.40. The Hall–Kier alpha value is 0.0600. The van der Waals surface area contributed by atoms with Crippen LogP contribution in [0.15, 0.2) is 15.9 Å². The number of likely N-dealkylation sites (N-methyl/N-ethyl adjacent to an activating group) is 1. The van der Waals surface area contributed by atoms with Crippen LogP contribution in [-0.2, 0) is 0 Å². The monoisotopic (exact) mass is 359 g/mol. The lowest BCUT2D eigenvalue weighted by atomic mass is 10.00. The molecule has 0 bridgehead atoms. The van der Waals surface area contributed by atoms with Gasteiger partial charge < -0.3 is 10.6 Å². The van der Waals surface area contributed by atoms with E-state index in [0.29, 0.717) is 12.1 Å². The van der Waals surface area contributed by atoms with Crippen molar-refractivity contribution in [2.45, 2.75) is 44.8 Å². The van der Waals surface area contributed by atoms with Gasteiger partial charge in [-0.2, -0.15) is 0 Å². The third-order valence-electron chi connectivity index (χ3n) is 4.43. The Labute approximate surface area is 135 Å². The van der Waals surface area contributed by atoms with Crippen molar-refractivity contribution in [2.75, 3.05) is 26.7 Å². The van der Waals surface area contributed by atoms with Gasteiger partial charge in [-0.15, -0.1) is 11.3 Å². The molecule has 0 aromatic carbocycles. The van der Waals surface area contributed by atoms with Crippen LogP contribution < -0.4 is 5.73 Å². The SMILES string of the molecule is CCC(N)C(c1cc(Br)cs1)N1CCN(C)C(CC)C1. The minimum atomic E-state index is 0.210. The van der Waals surface area contributed by atoms with Gasteiger partial charge in [0.2, 0.25) is 0 Å². The molecule has 2 N–H and O–H groups in total. The zero-order valence-corrected chi connectivity index (χ0v) is 15.1. The summed E-state index contributed by atoms with van der Waals surface area (Å²) in [6.07, 6.45) is 2.22. The molecule has 2 rings (SSSR count). The molecule has 20 heavy (non-hydrogen) atoms. The maximum absolute atomic E-state index is 6.45. The number of nitrogens with zero attached hydrogens (tertiary/aromatic N) is 2. The maximum atomic E-state index is 6.45. The number of nitrogens with two attached hydrogens (primary N) is 1. The molecule has 1 saturated heterocycles. The number of hydrogen-bond acceptors (Lipinski definition) is 4. The van der Waals surface area contributed by atoms with Gasteiger partial charge in [0.25, 0.3) is 0 Å². The molecule has 2 heterocycles. The molecule has 0 radical (unpaired) electrons. The maximum Gasteiger partial charge on any atom is 0.0594 e. The van der Waals surface area contributed by atoms with Crippen molar-refractivity contribution >= 4 is 27.3 Å². The molecule has 0 spiro atoms. The zero-order valence-electron chi connectivity index (χ0n) is 12.7. The largest absolute Gasteiger partial charge is 0.326 e. The van der Waals surface area contributed by atoms with Gasteiger partial charge in [-0.05, 0) is 41.9 Å². The van der Waals surface area contributed by atoms with Gasteiger partial charge in [0.1, 0.15) is 0 Å². The van der Waals surface area contributed by atoms with Crippen molar-refractivity contribution in [2.24, 2.45) is 5.73 Å². The molecular weight excluding hydrogens is 334 g/mol. The van der Waals surface area contributed by atoms with Crippen LogP contribution in [0, 0.1) is 0 Å². The Morgan fingerprint density at radius 1 is 1.45 bits per heavy atom. The number of halogens is 1. The predicted molar refractivity (Wildman–Crippen MR) is 91.3 cm³/mol. The van der Waals surface area contributed by atoms with Crippen LogP contribution >= 0.6 is 27.3 Å². The first-order valence-electron chi connectivity index (χ1n) is 7.50. The van der Waals surface area contributed by atoms with Crippen LogP contribution in [0.3, 0.4) is 0 Å². The van der Waals surface area contributed by atoms with Crippen molar-refractivity contribution in [3.63, 3.8) is 0 Å². The van der Waals surface area contributed by atoms with Crippen LogP contribution in [0.5, 0.6) is 0 Å². The molecular formula is C15H26BrN3S. The first-order valence-corrected chi connectivity index (χ1v) is 9.17. The minimum Gasteiger partial charge on any atom is -0.326 e. The first-order chi connectivity index (χ1) is 9.56. The fourth-order valence-corrected chi connectivity index (χ4v) is 4.69. The van der Waals surface area contributed by atoms with Crippen molar-refractivity contribution in [1.29, 1.82) is 0 Å². The van der Waals surface area contributed by atoms with Gasteiger partial charge in [0.05, 0.1) is 6.04 Å². The molecule has 1 aliphatic rings. The molecule has 5 heteroatoms. The van der Waals surface area contributed by atoms with Gasteiger partial charge in [0, 0.05) is 46.4 Å². The molecule has 3 nitrogen and oxygen atoms in total. The molecule has 0 aliphatic carbocycles. The fourth-order valence-electron chi connectivity index (χ4n) is 3.03. The van der Waals surface area contributed by atoms with Crippen molar-refractivity contribution in [3.05, 3.63) is 20.8 Å². The second-order valence-corrected chi connectivity index (χ2v) is 7.58. The van der Waals surface area contributed by atoms with E-state index >= 15 is 0 Å². The van der Waals surface area contributed by atoms with Crippen LogP contribution in [0.1, 0.15) is 37.6 Å². The Morgan fingerprint density at radius 3 is 2.75 bits per heavy atom. The highest BCUT2D eigenvalue weighted by Gasteiger charge is 2.32. The summed E-state index contributed by atoms with van der Waals surface area (Å²) in [5.74, 6) is 0. The van der Waals surface area contributed by atoms with E-state index in [2.05, 4.69) is 58.1 Å². The molecule has 1 aliphatic heterocycles. The molecule has 1 aromatic heterocycles. The summed E-state index contributed by atoms with van der Waals surface area (Å²) in [7, 11) is 2.24. The number of thiophene rings is 1. The van der Waals surface area contributed by atoms with E-state index in [9.17, 15) is 0 Å². The van der Waals surface area contributed by atoms with Crippen LogP contribution in [0.25, 0.3) is 0 Å². The topological polar surface area (TPSA) is 32.5 Å². The average molecular weight is 360 g/mol. The van der Waals surface area contributed by atoms with Gasteiger partial charge in [-0.3, -0.25) is 4.90 Å². The fraction of sp³-hybridized carbons (Fsp3) is 0.733. The third-order valence-corrected chi connectivity index (χ3v) is 6.19. The summed E-state index contributed by atoms with van der Waals surface area (Å²) in [6, 6.07) is 3.46. The Morgan fingerprint density at radius 2 is 2.20 bits per heavy atom. The highest BCUT2D eigenvalue weighted by Crippen LogP contribution is 2.33. The minimum absolute atomic E-state index is 0.210. The normalized spacial score (nSPS) is 24.8. The quantitative estimate of drug-likeness (QED) is 0.874. The Bertz CT molecular complexity index is 423. The van der Waals surface area contributed by atoms with Crippen molar-refractivity contribution in [3.8, 4) is 0 Å². The number of rotatable bonds is 5. The lowest BCUT2D eigenvalue weighted by Crippen LogP contribution is -2.54. The van der Waals surface area contributed by atoms with Crippen molar-refractivity contribution in [1.82, 2.24) is 9.80 Å². The third kappa shape index (κ3) is 3.63. The summed E-state index contributed by atoms with van der Waals surface area (Å²) in [4.78, 5) is 6.47. The summed E-state index contributed by atoms with van der Waals surface area (Å²) < 4.78 is 1.17. The summed E-state index contributed by atoms with van der Waals surface area (Å²) in [6.45, 7) is 7.84. The number of hydrogen-bond donors (Lipinski definition) is 1. The highest BCUT2D eigenvalue weighted by atomic mass is 79.9. The van der Waals surface area contributed by atoms with Gasteiger partial charge in [0.15, 0.2) is 0 Å². The molecule has 3 unspecified atom stereocenters. The second kappa shape index (κ2) is 7.36. The van der Waals surface area contributed by atoms with Gasteiger partial charge in [-0.1, -0.05) is 13.8 Å². The lowest BCUT2D eigenvalue weighted by molar-refractivity contribution is 0.0536. The van der Waals surface area contributed by atoms with E-state index in [-0.39, 0.29) is 6.04 Å². The van der Waals surface area contributed by atoms with Crippen LogP contribution in [0.4, 0.5) is 0 Å². The van der Waals surface area contributed by atoms with Crippen molar-refractivity contribution < 1.29 is 0 Å². The Kier molecular flexibility index (Phi) is 6.05. The van der Waals surface area contributed by atoms with E-state index in [1.165, 1.54) is 15.8 Å². The highest BCUT2D eigenvalue weighted by molar-refractivity contribution is 9.10. The standard InChI is InChI=1S/C15H26BrN3S/c1-4-12-9-19(7-6-18(12)3)15(13(17)5-2)14-8-11(16)10-20-14/h8,10,12-13,15H,4-7,9,17H2,1-3H3. The van der Waals surface area contributed by atoms with E-state index < -0.39 is 0 Å². The van der Waals surface area contributed by atoms with E-state index in [1.54, 1.807) is 0 Å². The summed E-state index contributed by atoms with van der Waals surface area (Å²) in [5.41, 5.74) is 6.45. The molecule has 0 saturated carbocycles. The molecule has 0 amide bonds. The second-order valence-electron chi connectivity index (χ2n) is 5.72.